The summed E-state index contributed by atoms with van der Waals surface area (Å²) in [6, 6.07) is 3.35. The topological polar surface area (TPSA) is 9.72 Å². The minimum absolute atomic E-state index is 0.0350. The summed E-state index contributed by atoms with van der Waals surface area (Å²) < 4.78 is 169. The molecule has 0 N–H and O–H groups in total. The summed E-state index contributed by atoms with van der Waals surface area (Å²) in [4.78, 5) is 4.85. The van der Waals surface area contributed by atoms with Crippen molar-refractivity contribution in [1.29, 1.82) is 0 Å². The van der Waals surface area contributed by atoms with Crippen LogP contribution in [-0.4, -0.2) is 12.8 Å². The maximum Gasteiger partial charge on any atom is 0.252 e. The Hall–Kier alpha value is -6.00. The van der Waals surface area contributed by atoms with Crippen LogP contribution in [-0.2, 0) is 5.41 Å². The van der Waals surface area contributed by atoms with Gasteiger partial charge in [-0.3, -0.25) is 0 Å². The molecule has 3 nitrogen and oxygen atoms in total. The Labute approximate surface area is 352 Å². The Balaban J connectivity index is 1.19. The fourth-order valence-electron chi connectivity index (χ4n) is 9.40. The van der Waals surface area contributed by atoms with Gasteiger partial charge in [0.05, 0.1) is 26.0 Å². The van der Waals surface area contributed by atoms with Crippen molar-refractivity contribution in [2.75, 3.05) is 14.7 Å². The molecule has 7 aromatic carbocycles. The summed E-state index contributed by atoms with van der Waals surface area (Å²) in [5, 5.41) is 0. The van der Waals surface area contributed by atoms with E-state index in [9.17, 15) is 5.48 Å². The molecule has 0 atom stereocenters. The molecule has 2 heterocycles. The molecule has 1 fully saturated rings. The van der Waals surface area contributed by atoms with Crippen LogP contribution < -0.4 is 31.1 Å². The molecule has 11 rings (SSSR count). The van der Waals surface area contributed by atoms with Gasteiger partial charge in [0.1, 0.15) is 0 Å². The molecule has 1 saturated carbocycles. The summed E-state index contributed by atoms with van der Waals surface area (Å²) in [6.07, 6.45) is 4.58. The molecule has 4 aliphatic rings. The Morgan fingerprint density at radius 1 is 0.582 bits per heavy atom. The molecule has 266 valence electrons. The van der Waals surface area contributed by atoms with E-state index in [1.165, 1.54) is 4.90 Å². The number of rotatable bonds is 5. The molecular weight excluding hydrogens is 665 g/mol. The summed E-state index contributed by atoms with van der Waals surface area (Å²) >= 11 is 0. The van der Waals surface area contributed by atoms with E-state index in [1.54, 1.807) is 18.2 Å². The lowest BCUT2D eigenvalue weighted by Gasteiger charge is -2.47. The van der Waals surface area contributed by atoms with Gasteiger partial charge in [0.15, 0.2) is 0 Å². The van der Waals surface area contributed by atoms with E-state index in [1.807, 2.05) is 32.0 Å². The van der Waals surface area contributed by atoms with Gasteiger partial charge in [-0.25, -0.2) is 0 Å². The molecule has 2 aliphatic heterocycles. The minimum atomic E-state index is -0.913. The van der Waals surface area contributed by atoms with Gasteiger partial charge in [0, 0.05) is 57.0 Å². The second-order valence-electron chi connectivity index (χ2n) is 15.0. The van der Waals surface area contributed by atoms with Crippen molar-refractivity contribution >= 4 is 68.6 Å². The molecule has 0 spiro atoms. The Morgan fingerprint density at radius 3 is 1.95 bits per heavy atom. The van der Waals surface area contributed by atoms with E-state index in [4.69, 9.17) is 20.6 Å². The fraction of sp³-hybridized carbons (Fsp3) is 0.176. The third-order valence-corrected chi connectivity index (χ3v) is 11.8. The van der Waals surface area contributed by atoms with Crippen LogP contribution >= 0.6 is 0 Å². The molecule has 0 amide bonds. The lowest BCUT2D eigenvalue weighted by Crippen LogP contribution is -2.63. The second kappa shape index (κ2) is 12.5. The predicted molar refractivity (Wildman–Crippen MR) is 233 cm³/mol. The van der Waals surface area contributed by atoms with Gasteiger partial charge >= 0.3 is 0 Å². The molecule has 55 heavy (non-hydrogen) atoms. The number of fused-ring (bicyclic) bond motifs is 7. The van der Waals surface area contributed by atoms with Crippen LogP contribution in [0.25, 0.3) is 11.1 Å². The molecule has 0 radical (unpaired) electrons. The first kappa shape index (κ1) is 18.6. The molecule has 0 bridgehead atoms. The zero-order valence-corrected chi connectivity index (χ0v) is 30.2. The highest BCUT2D eigenvalue weighted by Gasteiger charge is 2.46. The molecule has 7 aromatic rings. The van der Waals surface area contributed by atoms with Crippen LogP contribution in [0.3, 0.4) is 0 Å². The van der Waals surface area contributed by atoms with Gasteiger partial charge in [-0.05, 0) is 124 Å². The smallest absolute Gasteiger partial charge is 0.252 e. The summed E-state index contributed by atoms with van der Waals surface area (Å²) in [7, 11) is 0. The van der Waals surface area contributed by atoms with Crippen LogP contribution in [0.5, 0.6) is 0 Å². The number of hydrogen-bond donors (Lipinski definition) is 0. The van der Waals surface area contributed by atoms with Crippen LogP contribution in [0.2, 0.25) is 0 Å². The third-order valence-electron chi connectivity index (χ3n) is 11.8. The molecule has 4 heteroatoms. The van der Waals surface area contributed by atoms with Crippen LogP contribution in [0.4, 0.5) is 45.5 Å². The zero-order valence-electron chi connectivity index (χ0n) is 49.2. The van der Waals surface area contributed by atoms with Crippen molar-refractivity contribution in [3.63, 3.8) is 0 Å². The highest BCUT2D eigenvalue weighted by Crippen LogP contribution is 2.53. The van der Waals surface area contributed by atoms with Crippen LogP contribution in [0.1, 0.15) is 83.1 Å². The number of anilines is 8. The van der Waals surface area contributed by atoms with E-state index in [0.717, 1.165) is 65.1 Å². The van der Waals surface area contributed by atoms with Crippen molar-refractivity contribution in [2.45, 2.75) is 57.4 Å². The first-order chi connectivity index (χ1) is 34.9. The lowest BCUT2D eigenvalue weighted by molar-refractivity contribution is 0.436. The van der Waals surface area contributed by atoms with Gasteiger partial charge in [-0.2, -0.15) is 0 Å². The number of hydrogen-bond acceptors (Lipinski definition) is 3. The largest absolute Gasteiger partial charge is 0.339 e. The Morgan fingerprint density at radius 2 is 1.22 bits per heavy atom. The third kappa shape index (κ3) is 4.90. The molecule has 0 saturated heterocycles. The summed E-state index contributed by atoms with van der Waals surface area (Å²) in [5.41, 5.74) is 4.59. The van der Waals surface area contributed by atoms with Crippen LogP contribution in [0, 0.1) is 0 Å². The summed E-state index contributed by atoms with van der Waals surface area (Å²) in [6.45, 7) is 3.10. The zero-order chi connectivity index (χ0) is 53.2. The van der Waals surface area contributed by atoms with E-state index < -0.39 is 132 Å². The Bertz CT molecular complexity index is 3530. The van der Waals surface area contributed by atoms with Crippen LogP contribution in [0.15, 0.2) is 163 Å². The van der Waals surface area contributed by atoms with Crippen molar-refractivity contribution in [3.05, 3.63) is 174 Å². The van der Waals surface area contributed by atoms with Crippen molar-refractivity contribution in [2.24, 2.45) is 0 Å². The number of nitrogens with zero attached hydrogens (tertiary/aromatic N) is 3. The molecule has 0 unspecified atom stereocenters. The van der Waals surface area contributed by atoms with Gasteiger partial charge in [0.2, 0.25) is 0 Å². The van der Waals surface area contributed by atoms with E-state index >= 15 is 0 Å². The minimum Gasteiger partial charge on any atom is -0.339 e. The maximum absolute atomic E-state index is 9.67. The molecule has 0 aromatic heterocycles. The fourth-order valence-corrected chi connectivity index (χ4v) is 9.40. The van der Waals surface area contributed by atoms with E-state index in [2.05, 4.69) is 17.0 Å². The number of para-hydroxylation sites is 4. The highest BCUT2D eigenvalue weighted by molar-refractivity contribution is 7.00. The highest BCUT2D eigenvalue weighted by atomic mass is 15.2. The summed E-state index contributed by atoms with van der Waals surface area (Å²) in [5.74, 6) is 0. The standard InChI is InChI=1S/C51H44BN3/c1-51(2)42-32-39(53(35-18-7-3-8-19-35)36-20-9-4-10-21-36)30-31-40(42)41-33-49-45(34-43(41)51)52-44-26-15-16-27-46(44)54(37-22-11-5-12-23-37)47-28-17-29-48(50(47)52)55(49)38-24-13-6-14-25-38/h3-5,7-12,15-23,26-34,38H,6,13-14,24-25H2,1-2H3/i3D,4D,5D,7D,8D,9D,10D,11D,12D,15D,16D,18D,19D,20D,21D,22D,23D,26D,27D. The normalized spacial score (nSPS) is 21.0. The van der Waals surface area contributed by atoms with E-state index in [0.29, 0.717) is 22.2 Å². The average molecular weight is 729 g/mol. The average Bonchev–Trinajstić information content (AvgIpc) is 3.66. The van der Waals surface area contributed by atoms with Crippen molar-refractivity contribution in [1.82, 2.24) is 0 Å². The monoisotopic (exact) mass is 728 g/mol. The second-order valence-corrected chi connectivity index (χ2v) is 15.0. The lowest BCUT2D eigenvalue weighted by atomic mass is 9.33. The first-order valence-corrected chi connectivity index (χ1v) is 18.6. The first-order valence-electron chi connectivity index (χ1n) is 28.1. The maximum atomic E-state index is 9.67. The quantitative estimate of drug-likeness (QED) is 0.163. The van der Waals surface area contributed by atoms with Gasteiger partial charge in [-0.15, -0.1) is 0 Å². The van der Waals surface area contributed by atoms with Gasteiger partial charge < -0.3 is 14.7 Å². The number of benzene rings is 7. The van der Waals surface area contributed by atoms with Gasteiger partial charge in [0.25, 0.3) is 6.71 Å². The predicted octanol–water partition coefficient (Wildman–Crippen LogP) is 11.5. The Kier molecular flexibility index (Phi) is 4.23. The van der Waals surface area contributed by atoms with E-state index in [-0.39, 0.29) is 34.6 Å². The van der Waals surface area contributed by atoms with Crippen molar-refractivity contribution < 1.29 is 26.0 Å². The molecule has 2 aliphatic carbocycles. The SMILES string of the molecule is [2H]c1c([2H])c([2H])c(N(c2ccc3c(c2)C(C)(C)c2cc4c(cc2-3)N(C2CCCCC2)c2cccc3c2B4c2c([2H])c([2H])c([2H])c([2H])c2N3c2c([2H])c([2H])c([2H])c([2H])c2[2H])c2c([2H])c([2H])c([2H])c([2H])c2[2H])c([2H])c1[2H]. The van der Waals surface area contributed by atoms with Crippen molar-refractivity contribution in [3.8, 4) is 11.1 Å². The van der Waals surface area contributed by atoms with Gasteiger partial charge in [-0.1, -0.05) is 124 Å². The molecular formula is C51H44BN3.